The topological polar surface area (TPSA) is 0 Å². The van der Waals surface area contributed by atoms with Gasteiger partial charge in [0.25, 0.3) is 0 Å². The van der Waals surface area contributed by atoms with E-state index in [0.29, 0.717) is 0 Å². The second kappa shape index (κ2) is 16.7. The first-order chi connectivity index (χ1) is 19.7. The van der Waals surface area contributed by atoms with E-state index in [2.05, 4.69) is 116 Å². The van der Waals surface area contributed by atoms with Crippen LogP contribution in [0.1, 0.15) is 80.1 Å². The summed E-state index contributed by atoms with van der Waals surface area (Å²) in [4.78, 5) is 0. The SMILES string of the molecule is CC(C)[C@H]1CC[C@@H](C)C[C@H]1[C]1[CH][CH][C]2C=CC=C[C]21.CC(C)[C@H]1CC[C@@H](C)C[C@H]1[C]1[CH][CH][C]2C=CC=C[C]21.[Cl][Zr+2][Cl]. The van der Waals surface area contributed by atoms with E-state index in [-0.39, 0.29) is 0 Å². The molecule has 0 aliphatic heterocycles. The summed E-state index contributed by atoms with van der Waals surface area (Å²) in [7, 11) is 9.87. The van der Waals surface area contributed by atoms with Gasteiger partial charge in [0.1, 0.15) is 0 Å². The summed E-state index contributed by atoms with van der Waals surface area (Å²) in [5, 5.41) is 0. The van der Waals surface area contributed by atoms with E-state index in [4.69, 9.17) is 17.0 Å². The molecule has 6 atom stereocenters. The zero-order valence-electron chi connectivity index (χ0n) is 26.0. The predicted molar refractivity (Wildman–Crippen MR) is 175 cm³/mol. The molecule has 0 aromatic heterocycles. The summed E-state index contributed by atoms with van der Waals surface area (Å²) in [6, 6.07) is 0. The second-order valence-electron chi connectivity index (χ2n) is 13.7. The quantitative estimate of drug-likeness (QED) is 0.280. The molecule has 0 heterocycles. The summed E-state index contributed by atoms with van der Waals surface area (Å²) < 4.78 is 0. The van der Waals surface area contributed by atoms with Crippen molar-refractivity contribution in [1.29, 1.82) is 0 Å². The van der Waals surface area contributed by atoms with Gasteiger partial charge in [-0.15, -0.1) is 0 Å². The van der Waals surface area contributed by atoms with Crippen molar-refractivity contribution >= 4 is 17.0 Å². The van der Waals surface area contributed by atoms with Gasteiger partial charge in [-0.25, -0.2) is 0 Å². The van der Waals surface area contributed by atoms with Crippen LogP contribution in [0.2, 0.25) is 0 Å². The number of halogens is 2. The Balaban J connectivity index is 0.000000173. The summed E-state index contributed by atoms with van der Waals surface area (Å²) in [5.74, 6) is 15.7. The van der Waals surface area contributed by atoms with E-state index in [1.165, 1.54) is 62.2 Å². The average molecular weight is 669 g/mol. The Kier molecular flexibility index (Phi) is 13.9. The molecule has 0 amide bonds. The van der Waals surface area contributed by atoms with Gasteiger partial charge in [0.2, 0.25) is 0 Å². The standard InChI is InChI=1S/2C19H25.2ClH.Zr/c2*1-13(2)16-10-8-14(3)12-19(16)18-11-9-15-6-4-5-7-17(15)18;;;/h2*4-7,9,11,13-14,16,19H,8,10,12H2,1-3H3;2*1H;/q;;;;+4/p-2/t2*14-,16-,19-;;;/m11.../s1. The van der Waals surface area contributed by atoms with Crippen molar-refractivity contribution in [2.24, 2.45) is 47.3 Å². The van der Waals surface area contributed by atoms with Crippen LogP contribution >= 0.6 is 17.0 Å². The van der Waals surface area contributed by atoms with E-state index >= 15 is 0 Å². The Hall–Kier alpha value is 0.423. The summed E-state index contributed by atoms with van der Waals surface area (Å²) >= 11 is -0.826. The van der Waals surface area contributed by atoms with Gasteiger partial charge in [-0.05, 0) is 111 Å². The van der Waals surface area contributed by atoms with Crippen LogP contribution < -0.4 is 0 Å². The molecule has 0 spiro atoms. The van der Waals surface area contributed by atoms with Gasteiger partial charge in [0, 0.05) is 23.7 Å². The van der Waals surface area contributed by atoms with Crippen molar-refractivity contribution < 1.29 is 20.8 Å². The Bertz CT molecular complexity index is 830. The van der Waals surface area contributed by atoms with E-state index < -0.39 is 20.8 Å². The third-order valence-corrected chi connectivity index (χ3v) is 10.3. The van der Waals surface area contributed by atoms with Crippen LogP contribution in [-0.4, -0.2) is 0 Å². The molecule has 0 saturated heterocycles. The molecule has 6 rings (SSSR count). The van der Waals surface area contributed by atoms with Crippen molar-refractivity contribution in [2.45, 2.75) is 80.1 Å². The van der Waals surface area contributed by atoms with Gasteiger partial charge in [0.05, 0.1) is 0 Å². The number of hydrogen-bond donors (Lipinski definition) is 0. The van der Waals surface area contributed by atoms with Crippen LogP contribution in [0.25, 0.3) is 0 Å². The fourth-order valence-electron chi connectivity index (χ4n) is 8.12. The van der Waals surface area contributed by atoms with Gasteiger partial charge in [-0.1, -0.05) is 103 Å². The normalized spacial score (nSPS) is 34.7. The first kappa shape index (κ1) is 34.3. The van der Waals surface area contributed by atoms with E-state index in [1.54, 1.807) is 11.8 Å². The van der Waals surface area contributed by atoms with Gasteiger partial charge in [0.15, 0.2) is 0 Å². The molecule has 3 heteroatoms. The molecule has 10 radical (unpaired) electrons. The second-order valence-corrected chi connectivity index (χ2v) is 17.4. The molecular formula is C38H50Cl2Zr+2. The molecule has 0 aromatic rings. The first-order valence-corrected chi connectivity index (χ1v) is 22.3. The third-order valence-electron chi connectivity index (χ3n) is 10.3. The first-order valence-electron chi connectivity index (χ1n) is 16.0. The Morgan fingerprint density at radius 1 is 0.585 bits per heavy atom. The summed E-state index contributed by atoms with van der Waals surface area (Å²) in [6.45, 7) is 14.5. The van der Waals surface area contributed by atoms with Crippen molar-refractivity contribution in [3.63, 3.8) is 0 Å². The van der Waals surface area contributed by atoms with Gasteiger partial charge in [-0.3, -0.25) is 0 Å². The van der Waals surface area contributed by atoms with Gasteiger partial charge < -0.3 is 0 Å². The van der Waals surface area contributed by atoms with Crippen LogP contribution in [0.15, 0.2) is 48.6 Å². The molecular weight excluding hydrogens is 619 g/mol. The molecule has 6 aliphatic rings. The van der Waals surface area contributed by atoms with Crippen LogP contribution in [0.4, 0.5) is 0 Å². The van der Waals surface area contributed by atoms with Crippen molar-refractivity contribution in [2.75, 3.05) is 0 Å². The van der Waals surface area contributed by atoms with Gasteiger partial charge >= 0.3 is 37.9 Å². The third kappa shape index (κ3) is 8.78. The molecule has 41 heavy (non-hydrogen) atoms. The molecule has 0 bridgehead atoms. The predicted octanol–water partition coefficient (Wildman–Crippen LogP) is 11.3. The Morgan fingerprint density at radius 2 is 0.951 bits per heavy atom. The fraction of sp³-hybridized carbons (Fsp3) is 0.526. The minimum absolute atomic E-state index is 0.767. The van der Waals surface area contributed by atoms with Crippen molar-refractivity contribution in [3.8, 4) is 0 Å². The molecule has 0 nitrogen and oxygen atoms in total. The number of fused-ring (bicyclic) bond motifs is 2. The summed E-state index contributed by atoms with van der Waals surface area (Å²) in [6.07, 6.45) is 35.5. The number of hydrogen-bond acceptors (Lipinski definition) is 0. The van der Waals surface area contributed by atoms with Crippen LogP contribution in [0.5, 0.6) is 0 Å². The van der Waals surface area contributed by atoms with Crippen LogP contribution in [-0.2, 0) is 20.8 Å². The Labute approximate surface area is 273 Å². The van der Waals surface area contributed by atoms with Crippen LogP contribution in [0.3, 0.4) is 0 Å². The molecule has 0 unspecified atom stereocenters. The minimum atomic E-state index is -0.826. The maximum absolute atomic E-state index is 4.93. The zero-order valence-corrected chi connectivity index (χ0v) is 30.0. The molecule has 218 valence electrons. The van der Waals surface area contributed by atoms with E-state index in [0.717, 1.165) is 47.3 Å². The number of allylic oxidation sites excluding steroid dienone is 8. The molecule has 4 saturated carbocycles. The van der Waals surface area contributed by atoms with Crippen molar-refractivity contribution in [1.82, 2.24) is 0 Å². The number of rotatable bonds is 4. The molecule has 0 N–H and O–H groups in total. The van der Waals surface area contributed by atoms with E-state index in [1.807, 2.05) is 0 Å². The summed E-state index contributed by atoms with van der Waals surface area (Å²) in [5.41, 5.74) is 0. The van der Waals surface area contributed by atoms with E-state index in [9.17, 15) is 0 Å². The molecule has 6 aliphatic carbocycles. The monoisotopic (exact) mass is 666 g/mol. The van der Waals surface area contributed by atoms with Crippen LogP contribution in [0, 0.1) is 109 Å². The molecule has 0 aromatic carbocycles. The fourth-order valence-corrected chi connectivity index (χ4v) is 8.12. The zero-order chi connectivity index (χ0) is 29.5. The maximum atomic E-state index is 4.93. The molecule has 4 fully saturated rings. The van der Waals surface area contributed by atoms with Crippen molar-refractivity contribution in [3.05, 3.63) is 110 Å². The average Bonchev–Trinajstić information content (AvgIpc) is 3.58. The van der Waals surface area contributed by atoms with Gasteiger partial charge in [-0.2, -0.15) is 0 Å². The Morgan fingerprint density at radius 3 is 1.32 bits per heavy atom.